The monoisotopic (exact) mass is 462 g/mol. The lowest BCUT2D eigenvalue weighted by Gasteiger charge is -2.10. The zero-order chi connectivity index (χ0) is 21.4. The van der Waals surface area contributed by atoms with Gasteiger partial charge in [-0.3, -0.25) is 5.32 Å². The van der Waals surface area contributed by atoms with Crippen molar-refractivity contribution in [2.45, 2.75) is 22.4 Å². The van der Waals surface area contributed by atoms with E-state index in [1.807, 2.05) is 17.9 Å². The van der Waals surface area contributed by atoms with Crippen LogP contribution in [0.2, 0.25) is 0 Å². The lowest BCUT2D eigenvalue weighted by molar-refractivity contribution is 0.203. The smallest absolute Gasteiger partial charge is 0.334 e. The number of methoxy groups -OCH3 is 1. The Balaban J connectivity index is 2.11. The first-order valence-corrected chi connectivity index (χ1v) is 12.1. The second-order valence-corrected chi connectivity index (χ2v) is 9.79. The van der Waals surface area contributed by atoms with E-state index in [9.17, 15) is 17.6 Å². The van der Waals surface area contributed by atoms with Crippen LogP contribution in [0.1, 0.15) is 10.4 Å². The van der Waals surface area contributed by atoms with Crippen molar-refractivity contribution in [3.05, 3.63) is 28.6 Å². The molecule has 3 N–H and O–H groups in total. The van der Waals surface area contributed by atoms with Crippen LogP contribution in [0.4, 0.5) is 20.8 Å². The van der Waals surface area contributed by atoms with E-state index in [0.717, 1.165) is 26.7 Å². The summed E-state index contributed by atoms with van der Waals surface area (Å²) in [5.41, 5.74) is 0.825. The zero-order valence-corrected chi connectivity index (χ0v) is 18.7. The Morgan fingerprint density at radius 2 is 2.03 bits per heavy atom. The Morgan fingerprint density at radius 1 is 1.31 bits per heavy atom. The molecule has 160 valence electrons. The molecule has 12 heteroatoms. The maximum absolute atomic E-state index is 12.5. The number of nitrogens with one attached hydrogen (secondary N) is 3. The zero-order valence-electron chi connectivity index (χ0n) is 16.2. The van der Waals surface area contributed by atoms with Crippen LogP contribution < -0.4 is 15.4 Å². The number of sulfonamides is 1. The number of ether oxygens (including phenoxy) is 1. The molecule has 0 spiro atoms. The van der Waals surface area contributed by atoms with Gasteiger partial charge in [0, 0.05) is 29.8 Å². The number of alkyl halides is 1. The van der Waals surface area contributed by atoms with Crippen LogP contribution in [0.5, 0.6) is 0 Å². The fraction of sp³-hybridized carbons (Fsp3) is 0.412. The number of hydrogen-bond donors (Lipinski definition) is 3. The quantitative estimate of drug-likeness (QED) is 0.465. The van der Waals surface area contributed by atoms with Gasteiger partial charge in [-0.15, -0.1) is 23.1 Å². The minimum atomic E-state index is -4.03. The van der Waals surface area contributed by atoms with Crippen molar-refractivity contribution >= 4 is 50.8 Å². The molecular weight excluding hydrogens is 439 g/mol. The summed E-state index contributed by atoms with van der Waals surface area (Å²) in [6.07, 6.45) is 2.43. The van der Waals surface area contributed by atoms with E-state index in [4.69, 9.17) is 4.74 Å². The third kappa shape index (κ3) is 6.84. The summed E-state index contributed by atoms with van der Waals surface area (Å²) in [6, 6.07) is 3.89. The van der Waals surface area contributed by atoms with Crippen molar-refractivity contribution in [1.82, 2.24) is 9.71 Å². The summed E-state index contributed by atoms with van der Waals surface area (Å²) in [7, 11) is -2.45. The molecule has 2 heterocycles. The van der Waals surface area contributed by atoms with Crippen LogP contribution in [-0.4, -0.2) is 52.6 Å². The van der Waals surface area contributed by atoms with E-state index in [1.165, 1.54) is 17.8 Å². The van der Waals surface area contributed by atoms with Crippen LogP contribution in [0.3, 0.4) is 0 Å². The van der Waals surface area contributed by atoms with Crippen molar-refractivity contribution in [2.75, 3.05) is 43.8 Å². The standard InChI is InChI=1S/C17H23FN4O4S3/c1-11-8-16(28-13(11)4-7-26-2)29(24,25)22-17(23)21-15-10-12(27-3)9-14(20-15)19-6-5-18/h8-10H,4-7H2,1-3H3,(H3,19,20,21,22,23). The van der Waals surface area contributed by atoms with Gasteiger partial charge in [-0.2, -0.15) is 0 Å². The molecule has 8 nitrogen and oxygen atoms in total. The highest BCUT2D eigenvalue weighted by atomic mass is 32.2. The van der Waals surface area contributed by atoms with Gasteiger partial charge >= 0.3 is 6.03 Å². The van der Waals surface area contributed by atoms with Crippen molar-refractivity contribution < 1.29 is 22.3 Å². The number of amides is 2. The molecule has 0 fully saturated rings. The van der Waals surface area contributed by atoms with Gasteiger partial charge in [0.1, 0.15) is 22.5 Å². The number of thioether (sulfide) groups is 1. The molecule has 0 radical (unpaired) electrons. The van der Waals surface area contributed by atoms with Gasteiger partial charge in [0.2, 0.25) is 0 Å². The Kier molecular flexibility index (Phi) is 8.68. The Labute approximate surface area is 177 Å². The van der Waals surface area contributed by atoms with Gasteiger partial charge in [-0.25, -0.2) is 27.3 Å². The number of anilines is 2. The number of urea groups is 1. The first-order valence-electron chi connectivity index (χ1n) is 8.57. The molecule has 0 saturated carbocycles. The summed E-state index contributed by atoms with van der Waals surface area (Å²) in [4.78, 5) is 18.0. The van der Waals surface area contributed by atoms with Gasteiger partial charge < -0.3 is 10.1 Å². The van der Waals surface area contributed by atoms with Gasteiger partial charge in [0.05, 0.1) is 6.61 Å². The van der Waals surface area contributed by atoms with Crippen molar-refractivity contribution in [2.24, 2.45) is 0 Å². The molecule has 2 aromatic rings. The molecule has 0 aliphatic rings. The van der Waals surface area contributed by atoms with Crippen LogP contribution >= 0.6 is 23.1 Å². The predicted molar refractivity (Wildman–Crippen MR) is 114 cm³/mol. The van der Waals surface area contributed by atoms with Gasteiger partial charge in [0.15, 0.2) is 0 Å². The van der Waals surface area contributed by atoms with Gasteiger partial charge in [0.25, 0.3) is 10.0 Å². The molecule has 0 atom stereocenters. The van der Waals surface area contributed by atoms with Crippen LogP contribution in [-0.2, 0) is 21.2 Å². The number of rotatable bonds is 10. The molecule has 0 bridgehead atoms. The van der Waals surface area contributed by atoms with Gasteiger partial charge in [-0.1, -0.05) is 0 Å². The van der Waals surface area contributed by atoms with Crippen molar-refractivity contribution in [1.29, 1.82) is 0 Å². The molecule has 2 amide bonds. The van der Waals surface area contributed by atoms with Gasteiger partial charge in [-0.05, 0) is 36.9 Å². The van der Waals surface area contributed by atoms with Crippen LogP contribution in [0.15, 0.2) is 27.3 Å². The highest BCUT2D eigenvalue weighted by Gasteiger charge is 2.22. The summed E-state index contributed by atoms with van der Waals surface area (Å²) in [6.45, 7) is 1.79. The van der Waals surface area contributed by atoms with E-state index in [0.29, 0.717) is 18.8 Å². The normalized spacial score (nSPS) is 11.3. The second-order valence-electron chi connectivity index (χ2n) is 5.87. The van der Waals surface area contributed by atoms with E-state index in [2.05, 4.69) is 15.6 Å². The average Bonchev–Trinajstić information content (AvgIpc) is 3.05. The summed E-state index contributed by atoms with van der Waals surface area (Å²) >= 11 is 2.50. The number of aryl methyl sites for hydroxylation is 1. The largest absolute Gasteiger partial charge is 0.384 e. The number of pyridine rings is 1. The summed E-state index contributed by atoms with van der Waals surface area (Å²) in [5.74, 6) is 0.526. The summed E-state index contributed by atoms with van der Waals surface area (Å²) < 4.78 is 44.5. The molecule has 0 saturated heterocycles. The first-order chi connectivity index (χ1) is 13.8. The lowest BCUT2D eigenvalue weighted by atomic mass is 10.2. The minimum Gasteiger partial charge on any atom is -0.384 e. The third-order valence-electron chi connectivity index (χ3n) is 3.70. The van der Waals surface area contributed by atoms with E-state index >= 15 is 0 Å². The predicted octanol–water partition coefficient (Wildman–Crippen LogP) is 3.25. The van der Waals surface area contributed by atoms with Crippen LogP contribution in [0, 0.1) is 6.92 Å². The van der Waals surface area contributed by atoms with E-state index in [-0.39, 0.29) is 16.6 Å². The molecule has 0 aliphatic carbocycles. The molecule has 0 aliphatic heterocycles. The average molecular weight is 463 g/mol. The Hall–Kier alpha value is -1.89. The molecule has 2 aromatic heterocycles. The molecule has 0 unspecified atom stereocenters. The SMILES string of the molecule is COCCc1sc(S(=O)(=O)NC(=O)Nc2cc(SC)cc(NCCF)n2)cc1C. The number of thiophene rings is 1. The fourth-order valence-electron chi connectivity index (χ4n) is 2.33. The summed E-state index contributed by atoms with van der Waals surface area (Å²) in [5, 5.41) is 5.20. The minimum absolute atomic E-state index is 0.0485. The number of carbonyl (C=O) groups excluding carboxylic acids is 1. The molecule has 0 aromatic carbocycles. The molecule has 29 heavy (non-hydrogen) atoms. The van der Waals surface area contributed by atoms with Crippen molar-refractivity contribution in [3.8, 4) is 0 Å². The number of aromatic nitrogens is 1. The van der Waals surface area contributed by atoms with Crippen molar-refractivity contribution in [3.63, 3.8) is 0 Å². The second kappa shape index (κ2) is 10.8. The highest BCUT2D eigenvalue weighted by molar-refractivity contribution is 7.98. The van der Waals surface area contributed by atoms with Crippen LogP contribution in [0.25, 0.3) is 0 Å². The Morgan fingerprint density at radius 3 is 2.69 bits per heavy atom. The topological polar surface area (TPSA) is 109 Å². The fourth-order valence-corrected chi connectivity index (χ4v) is 5.27. The third-order valence-corrected chi connectivity index (χ3v) is 7.51. The number of halogens is 1. The first kappa shape index (κ1) is 23.4. The Bertz CT molecular complexity index is 950. The number of carbonyl (C=O) groups is 1. The van der Waals surface area contributed by atoms with E-state index < -0.39 is 22.7 Å². The maximum atomic E-state index is 12.5. The number of nitrogens with zero attached hydrogens (tertiary/aromatic N) is 1. The maximum Gasteiger partial charge on any atom is 0.334 e. The molecular formula is C17H23FN4O4S3. The number of hydrogen-bond acceptors (Lipinski definition) is 8. The van der Waals surface area contributed by atoms with E-state index in [1.54, 1.807) is 19.2 Å². The molecule has 2 rings (SSSR count). The lowest BCUT2D eigenvalue weighted by Crippen LogP contribution is -2.34. The highest BCUT2D eigenvalue weighted by Crippen LogP contribution is 2.27.